The number of hydrazine groups is 1. The van der Waals surface area contributed by atoms with Crippen molar-refractivity contribution in [2.24, 2.45) is 10.4 Å². The number of rotatable bonds is 11. The molecule has 0 saturated carbocycles. The van der Waals surface area contributed by atoms with E-state index in [0.717, 1.165) is 22.0 Å². The molecule has 0 radical (unpaired) electrons. The minimum atomic E-state index is -1.13. The van der Waals surface area contributed by atoms with E-state index in [1.165, 1.54) is 0 Å². The standard InChI is InChI=1S/C27H36BrN3O4/c1-19-27(18-21-8-5-6-9-23(21)28,25(33)31-29-15-14-26(2,3)4)30-24(35-19)20-10-12-22(13-11-20)34-17-7-16-32/h5-6,8-13,19,29,32H,7,14-18H2,1-4H3,(H,31,33)/t19-,27-/m0/s1. The summed E-state index contributed by atoms with van der Waals surface area (Å²) in [5.74, 6) is 0.902. The molecule has 8 heteroatoms. The van der Waals surface area contributed by atoms with Crippen LogP contribution in [0.2, 0.25) is 0 Å². The summed E-state index contributed by atoms with van der Waals surface area (Å²) in [5.41, 5.74) is 6.74. The molecule has 190 valence electrons. The Balaban J connectivity index is 1.84. The van der Waals surface area contributed by atoms with Gasteiger partial charge in [-0.3, -0.25) is 10.2 Å². The van der Waals surface area contributed by atoms with Crippen molar-refractivity contribution in [1.82, 2.24) is 10.9 Å². The SMILES string of the molecule is C[C@@H]1OC(c2ccc(OCCCO)cc2)=N[C@]1(Cc1ccccc1Br)C(=O)NNCCC(C)(C)C. The molecule has 2 aromatic rings. The third-order valence-electron chi connectivity index (χ3n) is 5.95. The Morgan fingerprint density at radius 2 is 1.91 bits per heavy atom. The number of carbonyl (C=O) groups is 1. The average Bonchev–Trinajstić information content (AvgIpc) is 3.15. The highest BCUT2D eigenvalue weighted by atomic mass is 79.9. The average molecular weight is 547 g/mol. The number of aliphatic hydroxyl groups excluding tert-OH is 1. The number of nitrogens with zero attached hydrogens (tertiary/aromatic N) is 1. The number of amides is 1. The van der Waals surface area contributed by atoms with Crippen molar-refractivity contribution in [1.29, 1.82) is 0 Å². The van der Waals surface area contributed by atoms with Gasteiger partial charge in [0.1, 0.15) is 11.9 Å². The molecule has 0 bridgehead atoms. The van der Waals surface area contributed by atoms with E-state index < -0.39 is 11.6 Å². The van der Waals surface area contributed by atoms with Crippen molar-refractivity contribution in [3.63, 3.8) is 0 Å². The van der Waals surface area contributed by atoms with E-state index in [-0.39, 0.29) is 17.9 Å². The highest BCUT2D eigenvalue weighted by molar-refractivity contribution is 9.10. The maximum Gasteiger partial charge on any atom is 0.266 e. The summed E-state index contributed by atoms with van der Waals surface area (Å²) >= 11 is 3.61. The number of halogens is 1. The molecule has 0 saturated heterocycles. The van der Waals surface area contributed by atoms with Crippen LogP contribution in [0.1, 0.15) is 51.7 Å². The molecule has 35 heavy (non-hydrogen) atoms. The fraction of sp³-hybridized carbons (Fsp3) is 0.481. The largest absolute Gasteiger partial charge is 0.494 e. The summed E-state index contributed by atoms with van der Waals surface area (Å²) in [6.45, 7) is 9.57. The van der Waals surface area contributed by atoms with Crippen LogP contribution in [-0.4, -0.2) is 48.3 Å². The molecule has 1 aliphatic rings. The van der Waals surface area contributed by atoms with Gasteiger partial charge in [-0.05, 0) is 54.7 Å². The zero-order chi connectivity index (χ0) is 25.5. The Hall–Kier alpha value is -2.42. The van der Waals surface area contributed by atoms with E-state index in [2.05, 4.69) is 47.6 Å². The van der Waals surface area contributed by atoms with E-state index in [1.54, 1.807) is 0 Å². The van der Waals surface area contributed by atoms with E-state index >= 15 is 0 Å². The summed E-state index contributed by atoms with van der Waals surface area (Å²) in [6, 6.07) is 15.3. The highest BCUT2D eigenvalue weighted by Crippen LogP contribution is 2.34. The summed E-state index contributed by atoms with van der Waals surface area (Å²) in [7, 11) is 0. The molecule has 1 heterocycles. The maximum absolute atomic E-state index is 13.6. The minimum absolute atomic E-state index is 0.0906. The second-order valence-electron chi connectivity index (χ2n) is 10.0. The zero-order valence-corrected chi connectivity index (χ0v) is 22.5. The van der Waals surface area contributed by atoms with Crippen molar-refractivity contribution in [3.05, 3.63) is 64.1 Å². The highest BCUT2D eigenvalue weighted by Gasteiger charge is 2.50. The molecule has 1 aliphatic heterocycles. The summed E-state index contributed by atoms with van der Waals surface area (Å²) in [4.78, 5) is 18.5. The number of hydrogen-bond acceptors (Lipinski definition) is 6. The Kier molecular flexibility index (Phi) is 9.33. The van der Waals surface area contributed by atoms with Crippen LogP contribution in [0.25, 0.3) is 0 Å². The van der Waals surface area contributed by atoms with Gasteiger partial charge in [-0.1, -0.05) is 54.9 Å². The number of ether oxygens (including phenoxy) is 2. The van der Waals surface area contributed by atoms with Crippen LogP contribution in [0.5, 0.6) is 5.75 Å². The first kappa shape index (κ1) is 27.2. The first-order chi connectivity index (χ1) is 16.6. The summed E-state index contributed by atoms with van der Waals surface area (Å²) in [6.07, 6.45) is 1.40. The fourth-order valence-corrected chi connectivity index (χ4v) is 4.19. The van der Waals surface area contributed by atoms with Crippen LogP contribution in [0.15, 0.2) is 58.0 Å². The molecule has 0 aliphatic carbocycles. The van der Waals surface area contributed by atoms with Crippen molar-refractivity contribution in [2.75, 3.05) is 19.8 Å². The predicted octanol–water partition coefficient (Wildman–Crippen LogP) is 4.41. The van der Waals surface area contributed by atoms with E-state index in [4.69, 9.17) is 19.6 Å². The number of hydrogen-bond donors (Lipinski definition) is 3. The number of benzene rings is 2. The quantitative estimate of drug-likeness (QED) is 0.287. The van der Waals surface area contributed by atoms with Gasteiger partial charge in [-0.25, -0.2) is 10.4 Å². The lowest BCUT2D eigenvalue weighted by Gasteiger charge is -2.29. The van der Waals surface area contributed by atoms with Gasteiger partial charge < -0.3 is 14.6 Å². The lowest BCUT2D eigenvalue weighted by atomic mass is 9.86. The fourth-order valence-electron chi connectivity index (χ4n) is 3.76. The smallest absolute Gasteiger partial charge is 0.266 e. The molecule has 0 aromatic heterocycles. The van der Waals surface area contributed by atoms with Gasteiger partial charge in [0.2, 0.25) is 5.90 Å². The summed E-state index contributed by atoms with van der Waals surface area (Å²) in [5, 5.41) is 8.92. The Morgan fingerprint density at radius 1 is 1.20 bits per heavy atom. The number of nitrogens with one attached hydrogen (secondary N) is 2. The van der Waals surface area contributed by atoms with Crippen LogP contribution in [0, 0.1) is 5.41 Å². The van der Waals surface area contributed by atoms with Gasteiger partial charge in [0.15, 0.2) is 5.54 Å². The molecule has 0 unspecified atom stereocenters. The van der Waals surface area contributed by atoms with Crippen molar-refractivity contribution < 1.29 is 19.4 Å². The van der Waals surface area contributed by atoms with Crippen LogP contribution in [-0.2, 0) is 16.0 Å². The molecule has 1 amide bonds. The van der Waals surface area contributed by atoms with Gasteiger partial charge in [0.05, 0.1) is 6.61 Å². The lowest BCUT2D eigenvalue weighted by Crippen LogP contribution is -2.56. The third kappa shape index (κ3) is 7.29. The molecule has 7 nitrogen and oxygen atoms in total. The topological polar surface area (TPSA) is 92.2 Å². The van der Waals surface area contributed by atoms with Crippen LogP contribution in [0.4, 0.5) is 0 Å². The first-order valence-corrected chi connectivity index (χ1v) is 12.8. The molecule has 0 fully saturated rings. The van der Waals surface area contributed by atoms with Crippen molar-refractivity contribution in [2.45, 2.75) is 58.6 Å². The minimum Gasteiger partial charge on any atom is -0.494 e. The number of aliphatic imine (C=N–C) groups is 1. The van der Waals surface area contributed by atoms with E-state index in [1.807, 2.05) is 55.5 Å². The molecule has 0 spiro atoms. The number of carbonyl (C=O) groups excluding carboxylic acids is 1. The molecule has 3 rings (SSSR count). The normalized spacial score (nSPS) is 19.7. The van der Waals surface area contributed by atoms with Gasteiger partial charge in [-0.15, -0.1) is 0 Å². The van der Waals surface area contributed by atoms with E-state index in [0.29, 0.717) is 37.6 Å². The van der Waals surface area contributed by atoms with Crippen LogP contribution in [0.3, 0.4) is 0 Å². The van der Waals surface area contributed by atoms with Gasteiger partial charge in [0.25, 0.3) is 5.91 Å². The van der Waals surface area contributed by atoms with Gasteiger partial charge in [0, 0.05) is 36.0 Å². The Labute approximate surface area is 216 Å². The van der Waals surface area contributed by atoms with Gasteiger partial charge >= 0.3 is 0 Å². The first-order valence-electron chi connectivity index (χ1n) is 12.0. The Bertz CT molecular complexity index is 1020. The summed E-state index contributed by atoms with van der Waals surface area (Å²) < 4.78 is 12.7. The molecule has 2 aromatic carbocycles. The molecule has 2 atom stereocenters. The predicted molar refractivity (Wildman–Crippen MR) is 142 cm³/mol. The van der Waals surface area contributed by atoms with Crippen LogP contribution < -0.4 is 15.6 Å². The second kappa shape index (κ2) is 12.0. The second-order valence-corrected chi connectivity index (χ2v) is 10.9. The van der Waals surface area contributed by atoms with Crippen LogP contribution >= 0.6 is 15.9 Å². The molecule has 3 N–H and O–H groups in total. The monoisotopic (exact) mass is 545 g/mol. The maximum atomic E-state index is 13.6. The number of aliphatic hydroxyl groups is 1. The van der Waals surface area contributed by atoms with Gasteiger partial charge in [-0.2, -0.15) is 0 Å². The zero-order valence-electron chi connectivity index (χ0n) is 20.9. The Morgan fingerprint density at radius 3 is 2.57 bits per heavy atom. The van der Waals surface area contributed by atoms with Crippen molar-refractivity contribution in [3.8, 4) is 5.75 Å². The van der Waals surface area contributed by atoms with Crippen molar-refractivity contribution >= 4 is 27.7 Å². The lowest BCUT2D eigenvalue weighted by molar-refractivity contribution is -0.129. The molecular weight excluding hydrogens is 510 g/mol. The third-order valence-corrected chi connectivity index (χ3v) is 6.72. The molecular formula is C27H36BrN3O4. The van der Waals surface area contributed by atoms with E-state index in [9.17, 15) is 4.79 Å².